The predicted molar refractivity (Wildman–Crippen MR) is 113 cm³/mol. The Bertz CT molecular complexity index is 933. The van der Waals surface area contributed by atoms with Crippen LogP contribution in [0.15, 0.2) is 24.0 Å². The number of ether oxygens (including phenoxy) is 3. The number of hydrogen-bond acceptors (Lipinski definition) is 7. The lowest BCUT2D eigenvalue weighted by Gasteiger charge is -2.45. The van der Waals surface area contributed by atoms with Gasteiger partial charge in [-0.2, -0.15) is 0 Å². The smallest absolute Gasteiger partial charge is 0.337 e. The lowest BCUT2D eigenvalue weighted by atomic mass is 9.72. The van der Waals surface area contributed by atoms with Gasteiger partial charge in [0.25, 0.3) is 0 Å². The van der Waals surface area contributed by atoms with E-state index in [4.69, 9.17) is 14.2 Å². The number of halogens is 1. The minimum absolute atomic E-state index is 0.0733. The average molecular weight is 432 g/mol. The van der Waals surface area contributed by atoms with Crippen LogP contribution in [0.5, 0.6) is 5.75 Å². The number of methoxy groups -OCH3 is 3. The Balaban J connectivity index is 1.72. The van der Waals surface area contributed by atoms with Gasteiger partial charge in [-0.15, -0.1) is 0 Å². The second-order valence-corrected chi connectivity index (χ2v) is 8.53. The lowest BCUT2D eigenvalue weighted by Crippen LogP contribution is -2.57. The van der Waals surface area contributed by atoms with E-state index in [2.05, 4.69) is 17.1 Å². The van der Waals surface area contributed by atoms with Crippen LogP contribution in [0, 0.1) is 17.7 Å². The van der Waals surface area contributed by atoms with Crippen LogP contribution in [0.1, 0.15) is 36.5 Å². The fraction of sp³-hybridized carbons (Fsp3) is 0.565. The van der Waals surface area contributed by atoms with Gasteiger partial charge >= 0.3 is 5.97 Å². The number of benzene rings is 1. The molecular formula is C23H29FN2O5. The average Bonchev–Trinajstić information content (AvgIpc) is 3.27. The molecule has 0 aromatic heterocycles. The molecule has 1 aromatic carbocycles. The molecule has 7 nitrogen and oxygen atoms in total. The quantitative estimate of drug-likeness (QED) is 0.435. The maximum Gasteiger partial charge on any atom is 0.337 e. The third-order valence-corrected chi connectivity index (χ3v) is 7.18. The molecule has 2 fully saturated rings. The van der Waals surface area contributed by atoms with Gasteiger partial charge in [0.1, 0.15) is 17.1 Å². The molecule has 4 atom stereocenters. The van der Waals surface area contributed by atoms with Crippen molar-refractivity contribution in [3.8, 4) is 5.75 Å². The summed E-state index contributed by atoms with van der Waals surface area (Å²) in [6.07, 6.45) is 3.56. The Morgan fingerprint density at radius 2 is 2.13 bits per heavy atom. The number of rotatable bonds is 5. The molecule has 0 bridgehead atoms. The number of esters is 1. The number of anilines is 1. The zero-order valence-corrected chi connectivity index (χ0v) is 18.4. The summed E-state index contributed by atoms with van der Waals surface area (Å²) in [5.74, 6) is -0.565. The molecule has 1 spiro atoms. The van der Waals surface area contributed by atoms with E-state index in [0.717, 1.165) is 19.5 Å². The van der Waals surface area contributed by atoms with Crippen molar-refractivity contribution in [3.05, 3.63) is 35.3 Å². The molecule has 8 heteroatoms. The van der Waals surface area contributed by atoms with Crippen molar-refractivity contribution in [2.45, 2.75) is 37.8 Å². The Morgan fingerprint density at radius 1 is 1.35 bits per heavy atom. The molecule has 0 unspecified atom stereocenters. The van der Waals surface area contributed by atoms with Crippen LogP contribution in [0.4, 0.5) is 10.1 Å². The van der Waals surface area contributed by atoms with E-state index in [1.807, 2.05) is 0 Å². The monoisotopic (exact) mass is 432 g/mol. The van der Waals surface area contributed by atoms with Crippen LogP contribution in [0.3, 0.4) is 0 Å². The van der Waals surface area contributed by atoms with Gasteiger partial charge in [-0.1, -0.05) is 13.3 Å². The van der Waals surface area contributed by atoms with Crippen LogP contribution >= 0.6 is 0 Å². The Labute approximate surface area is 181 Å². The lowest BCUT2D eigenvalue weighted by molar-refractivity contribution is -0.137. The normalized spacial score (nSPS) is 30.0. The number of fused-ring (bicyclic) bond motifs is 3. The summed E-state index contributed by atoms with van der Waals surface area (Å²) in [4.78, 5) is 28.5. The number of carbonyl (C=O) groups excluding carboxylic acids is 2. The minimum Gasteiger partial charge on any atom is -0.504 e. The Kier molecular flexibility index (Phi) is 5.68. The zero-order valence-electron chi connectivity index (χ0n) is 18.4. The van der Waals surface area contributed by atoms with Crippen molar-refractivity contribution in [1.82, 2.24) is 4.90 Å². The maximum absolute atomic E-state index is 14.1. The van der Waals surface area contributed by atoms with Gasteiger partial charge in [0.2, 0.25) is 0 Å². The fourth-order valence-electron chi connectivity index (χ4n) is 5.72. The minimum atomic E-state index is -0.866. The van der Waals surface area contributed by atoms with E-state index in [1.54, 1.807) is 0 Å². The molecule has 0 amide bonds. The van der Waals surface area contributed by atoms with E-state index in [-0.39, 0.29) is 29.4 Å². The summed E-state index contributed by atoms with van der Waals surface area (Å²) in [6, 6.07) is 2.46. The second kappa shape index (κ2) is 8.15. The molecule has 3 aliphatic rings. The number of carbonyl (C=O) groups is 2. The highest BCUT2D eigenvalue weighted by Gasteiger charge is 2.60. The third kappa shape index (κ3) is 3.28. The van der Waals surface area contributed by atoms with Crippen molar-refractivity contribution in [3.63, 3.8) is 0 Å². The SMILES string of the molecule is CC[C@@H]1CN2CC[C@]3(Nc4cc(F)cc(OC)c4C3=O)[C@@H]2C[C@@H]1/C(=C\OC)C(=O)OC. The molecule has 1 aromatic rings. The summed E-state index contributed by atoms with van der Waals surface area (Å²) in [5, 5.41) is 3.36. The van der Waals surface area contributed by atoms with Crippen LogP contribution in [0.25, 0.3) is 0 Å². The number of ketones is 1. The first-order valence-electron chi connectivity index (χ1n) is 10.7. The van der Waals surface area contributed by atoms with E-state index in [1.165, 1.54) is 39.7 Å². The van der Waals surface area contributed by atoms with Gasteiger partial charge < -0.3 is 19.5 Å². The topological polar surface area (TPSA) is 77.1 Å². The third-order valence-electron chi connectivity index (χ3n) is 7.18. The Hall–Kier alpha value is -2.61. The zero-order chi connectivity index (χ0) is 22.3. The van der Waals surface area contributed by atoms with Crippen molar-refractivity contribution >= 4 is 17.4 Å². The maximum atomic E-state index is 14.1. The van der Waals surface area contributed by atoms with Crippen LogP contribution in [-0.2, 0) is 14.3 Å². The van der Waals surface area contributed by atoms with Crippen LogP contribution < -0.4 is 10.1 Å². The van der Waals surface area contributed by atoms with Crippen LogP contribution in [-0.4, -0.2) is 62.7 Å². The number of nitrogens with one attached hydrogen (secondary N) is 1. The van der Waals surface area contributed by atoms with Gasteiger partial charge in [-0.3, -0.25) is 9.69 Å². The molecule has 2 saturated heterocycles. The molecule has 4 rings (SSSR count). The molecule has 0 radical (unpaired) electrons. The van der Waals surface area contributed by atoms with Crippen LogP contribution in [0.2, 0.25) is 0 Å². The largest absolute Gasteiger partial charge is 0.504 e. The summed E-state index contributed by atoms with van der Waals surface area (Å²) >= 11 is 0. The first kappa shape index (κ1) is 21.6. The fourth-order valence-corrected chi connectivity index (χ4v) is 5.72. The summed E-state index contributed by atoms with van der Waals surface area (Å²) in [7, 11) is 4.31. The molecule has 0 saturated carbocycles. The van der Waals surface area contributed by atoms with Crippen molar-refractivity contribution < 1.29 is 28.2 Å². The Morgan fingerprint density at radius 3 is 2.77 bits per heavy atom. The van der Waals surface area contributed by atoms with E-state index in [0.29, 0.717) is 29.7 Å². The molecule has 168 valence electrons. The summed E-state index contributed by atoms with van der Waals surface area (Å²) in [6.45, 7) is 3.63. The van der Waals surface area contributed by atoms with Gasteiger partial charge in [-0.25, -0.2) is 9.18 Å². The number of piperidine rings is 1. The number of nitrogens with zero attached hydrogens (tertiary/aromatic N) is 1. The summed E-state index contributed by atoms with van der Waals surface area (Å²) in [5.41, 5.74) is 0.499. The number of Topliss-reactive ketones (excluding diaryl/α,β-unsaturated/α-hetero) is 1. The number of hydrogen-bond donors (Lipinski definition) is 1. The molecule has 1 N–H and O–H groups in total. The first-order valence-corrected chi connectivity index (χ1v) is 10.7. The highest BCUT2D eigenvalue weighted by Crippen LogP contribution is 2.50. The van der Waals surface area contributed by atoms with Gasteiger partial charge in [0.05, 0.1) is 44.4 Å². The van der Waals surface area contributed by atoms with Gasteiger partial charge in [0, 0.05) is 25.2 Å². The van der Waals surface area contributed by atoms with Gasteiger partial charge in [-0.05, 0) is 30.7 Å². The highest BCUT2D eigenvalue weighted by atomic mass is 19.1. The first-order chi connectivity index (χ1) is 14.9. The molecule has 0 aliphatic carbocycles. The van der Waals surface area contributed by atoms with Crippen molar-refractivity contribution in [2.24, 2.45) is 11.8 Å². The van der Waals surface area contributed by atoms with Crippen molar-refractivity contribution in [1.29, 1.82) is 0 Å². The van der Waals surface area contributed by atoms with E-state index in [9.17, 15) is 14.0 Å². The molecule has 3 aliphatic heterocycles. The second-order valence-electron chi connectivity index (χ2n) is 8.53. The molecule has 31 heavy (non-hydrogen) atoms. The van der Waals surface area contributed by atoms with E-state index < -0.39 is 17.3 Å². The van der Waals surface area contributed by atoms with Crippen molar-refractivity contribution in [2.75, 3.05) is 39.7 Å². The van der Waals surface area contributed by atoms with Gasteiger partial charge in [0.15, 0.2) is 5.78 Å². The van der Waals surface area contributed by atoms with E-state index >= 15 is 0 Å². The summed E-state index contributed by atoms with van der Waals surface area (Å²) < 4.78 is 29.6. The predicted octanol–water partition coefficient (Wildman–Crippen LogP) is 3.01. The highest BCUT2D eigenvalue weighted by molar-refractivity contribution is 6.16. The molecule has 3 heterocycles. The molecular weight excluding hydrogens is 403 g/mol. The standard InChI is InChI=1S/C23H29FN2O5/c1-5-13-11-26-7-6-23(19(26)10-15(13)16(12-29-2)22(28)31-4)21(27)20-17(25-23)8-14(24)9-18(20)30-3/h8-9,12-13,15,19,25H,5-7,10-11H2,1-4H3/b16-12+/t13-,15+,19+,23+/m1/s1.